The van der Waals surface area contributed by atoms with E-state index >= 15 is 0 Å². The Labute approximate surface area is 163 Å². The molecule has 1 aliphatic heterocycles. The molecule has 0 aromatic carbocycles. The summed E-state index contributed by atoms with van der Waals surface area (Å²) in [4.78, 5) is 28.7. The SMILES string of the molecule is C=CCOC(=O)N1C[C@H](OS(C)(=O)=O)C[C@H]1CCn1cncc1C=CC(N)=O. The summed E-state index contributed by atoms with van der Waals surface area (Å²) in [5.74, 6) is -0.569. The number of nitrogens with zero attached hydrogens (tertiary/aromatic N) is 3. The molecule has 2 N–H and O–H groups in total. The second-order valence-corrected chi connectivity index (χ2v) is 7.97. The molecule has 1 aromatic rings. The molecule has 11 heteroatoms. The summed E-state index contributed by atoms with van der Waals surface area (Å²) in [5, 5.41) is 0. The molecule has 0 bridgehead atoms. The number of imidazole rings is 1. The molecular formula is C17H24N4O6S. The van der Waals surface area contributed by atoms with Crippen LogP contribution in [-0.4, -0.2) is 66.4 Å². The van der Waals surface area contributed by atoms with E-state index in [0.29, 0.717) is 25.1 Å². The number of hydrogen-bond acceptors (Lipinski definition) is 7. The molecule has 0 aliphatic carbocycles. The van der Waals surface area contributed by atoms with E-state index in [0.717, 1.165) is 6.26 Å². The predicted octanol–water partition coefficient (Wildman–Crippen LogP) is 0.513. The normalized spacial score (nSPS) is 19.8. The summed E-state index contributed by atoms with van der Waals surface area (Å²) in [5.41, 5.74) is 5.79. The zero-order valence-corrected chi connectivity index (χ0v) is 16.4. The molecule has 2 atom stereocenters. The van der Waals surface area contributed by atoms with Gasteiger partial charge in [0.15, 0.2) is 0 Å². The minimum Gasteiger partial charge on any atom is -0.445 e. The zero-order chi connectivity index (χ0) is 20.7. The zero-order valence-electron chi connectivity index (χ0n) is 15.6. The summed E-state index contributed by atoms with van der Waals surface area (Å²) < 4.78 is 34.8. The van der Waals surface area contributed by atoms with Crippen molar-refractivity contribution in [2.45, 2.75) is 31.5 Å². The highest BCUT2D eigenvalue weighted by Gasteiger charge is 2.38. The predicted molar refractivity (Wildman–Crippen MR) is 101 cm³/mol. The Morgan fingerprint density at radius 3 is 2.86 bits per heavy atom. The number of amides is 2. The van der Waals surface area contributed by atoms with E-state index in [1.165, 1.54) is 17.1 Å². The molecule has 0 spiro atoms. The standard InChI is InChI=1S/C17H24N4O6S/c1-3-8-26-17(23)21-11-15(27-28(2,24)25)9-13(21)6-7-20-12-19-10-14(20)4-5-16(18)22/h3-5,10,12-13,15H,1,6-9,11H2,2H3,(H2,18,22)/t13-,15-/m1/s1. The molecule has 154 valence electrons. The lowest BCUT2D eigenvalue weighted by Crippen LogP contribution is -2.37. The third kappa shape index (κ3) is 6.50. The van der Waals surface area contributed by atoms with Gasteiger partial charge in [-0.05, 0) is 18.9 Å². The van der Waals surface area contributed by atoms with Crippen molar-refractivity contribution in [3.63, 3.8) is 0 Å². The van der Waals surface area contributed by atoms with Gasteiger partial charge >= 0.3 is 6.09 Å². The van der Waals surface area contributed by atoms with Crippen molar-refractivity contribution in [3.8, 4) is 0 Å². The van der Waals surface area contributed by atoms with Gasteiger partial charge in [-0.25, -0.2) is 9.78 Å². The summed E-state index contributed by atoms with van der Waals surface area (Å²) in [7, 11) is -3.64. The van der Waals surface area contributed by atoms with Crippen LogP contribution < -0.4 is 5.73 Å². The van der Waals surface area contributed by atoms with Crippen LogP contribution in [0.4, 0.5) is 4.79 Å². The van der Waals surface area contributed by atoms with Crippen LogP contribution in [0.25, 0.3) is 6.08 Å². The Morgan fingerprint density at radius 2 is 2.21 bits per heavy atom. The van der Waals surface area contributed by atoms with Gasteiger partial charge in [0.2, 0.25) is 5.91 Å². The highest BCUT2D eigenvalue weighted by Crippen LogP contribution is 2.25. The molecular weight excluding hydrogens is 388 g/mol. The number of carbonyl (C=O) groups is 2. The first-order chi connectivity index (χ1) is 13.2. The highest BCUT2D eigenvalue weighted by atomic mass is 32.2. The maximum atomic E-state index is 12.3. The van der Waals surface area contributed by atoms with E-state index in [-0.39, 0.29) is 19.2 Å². The minimum absolute atomic E-state index is 0.0588. The Morgan fingerprint density at radius 1 is 1.46 bits per heavy atom. The molecule has 28 heavy (non-hydrogen) atoms. The Balaban J connectivity index is 2.07. The summed E-state index contributed by atoms with van der Waals surface area (Å²) in [6.45, 7) is 4.16. The Kier molecular flexibility index (Phi) is 7.35. The fourth-order valence-electron chi connectivity index (χ4n) is 3.01. The quantitative estimate of drug-likeness (QED) is 0.355. The van der Waals surface area contributed by atoms with Crippen molar-refractivity contribution in [1.82, 2.24) is 14.5 Å². The smallest absolute Gasteiger partial charge is 0.410 e. The second kappa shape index (κ2) is 9.51. The highest BCUT2D eigenvalue weighted by molar-refractivity contribution is 7.86. The molecule has 1 fully saturated rings. The van der Waals surface area contributed by atoms with E-state index in [2.05, 4.69) is 11.6 Å². The van der Waals surface area contributed by atoms with Gasteiger partial charge in [-0.1, -0.05) is 12.7 Å². The lowest BCUT2D eigenvalue weighted by molar-refractivity contribution is -0.113. The first-order valence-corrected chi connectivity index (χ1v) is 10.4. The van der Waals surface area contributed by atoms with Crippen molar-refractivity contribution >= 4 is 28.2 Å². The average Bonchev–Trinajstić information content (AvgIpc) is 3.20. The number of likely N-dealkylation sites (tertiary alicyclic amines) is 1. The van der Waals surface area contributed by atoms with Crippen LogP contribution in [0.5, 0.6) is 0 Å². The van der Waals surface area contributed by atoms with Crippen LogP contribution in [-0.2, 0) is 30.4 Å². The Hall–Kier alpha value is -2.66. The maximum Gasteiger partial charge on any atom is 0.410 e. The topological polar surface area (TPSA) is 134 Å². The van der Waals surface area contributed by atoms with E-state index in [1.54, 1.807) is 23.2 Å². The van der Waals surface area contributed by atoms with Gasteiger partial charge in [-0.15, -0.1) is 0 Å². The number of rotatable bonds is 9. The second-order valence-electron chi connectivity index (χ2n) is 6.37. The number of aryl methyl sites for hydroxylation is 1. The van der Waals surface area contributed by atoms with Crippen LogP contribution >= 0.6 is 0 Å². The fraction of sp³-hybridized carbons (Fsp3) is 0.471. The molecule has 2 rings (SSSR count). The van der Waals surface area contributed by atoms with Crippen LogP contribution in [0.1, 0.15) is 18.5 Å². The van der Waals surface area contributed by atoms with Crippen LogP contribution in [0.15, 0.2) is 31.3 Å². The summed E-state index contributed by atoms with van der Waals surface area (Å²) in [6, 6.07) is -0.278. The summed E-state index contributed by atoms with van der Waals surface area (Å²) >= 11 is 0. The molecule has 10 nitrogen and oxygen atoms in total. The van der Waals surface area contributed by atoms with Crippen LogP contribution in [0.2, 0.25) is 0 Å². The lowest BCUT2D eigenvalue weighted by atomic mass is 10.1. The van der Waals surface area contributed by atoms with E-state index < -0.39 is 28.2 Å². The van der Waals surface area contributed by atoms with Crippen LogP contribution in [0, 0.1) is 0 Å². The molecule has 1 aromatic heterocycles. The van der Waals surface area contributed by atoms with Gasteiger partial charge in [-0.3, -0.25) is 8.98 Å². The molecule has 1 saturated heterocycles. The number of nitrogens with two attached hydrogens (primary N) is 1. The number of aromatic nitrogens is 2. The van der Waals surface area contributed by atoms with Crippen molar-refractivity contribution in [2.75, 3.05) is 19.4 Å². The van der Waals surface area contributed by atoms with E-state index in [1.807, 2.05) is 0 Å². The van der Waals surface area contributed by atoms with Gasteiger partial charge in [0.1, 0.15) is 6.61 Å². The molecule has 1 aliphatic rings. The lowest BCUT2D eigenvalue weighted by Gasteiger charge is -2.23. The first kappa shape index (κ1) is 21.6. The van der Waals surface area contributed by atoms with E-state index in [9.17, 15) is 18.0 Å². The van der Waals surface area contributed by atoms with Crippen molar-refractivity contribution in [1.29, 1.82) is 0 Å². The minimum atomic E-state index is -3.64. The maximum absolute atomic E-state index is 12.3. The van der Waals surface area contributed by atoms with Crippen LogP contribution in [0.3, 0.4) is 0 Å². The monoisotopic (exact) mass is 412 g/mol. The van der Waals surface area contributed by atoms with Gasteiger partial charge < -0.3 is 19.9 Å². The number of carbonyl (C=O) groups excluding carboxylic acids is 2. The van der Waals surface area contributed by atoms with Gasteiger partial charge in [0.25, 0.3) is 10.1 Å². The Bertz CT molecular complexity index is 848. The third-order valence-corrected chi connectivity index (χ3v) is 4.73. The number of primary amides is 1. The number of ether oxygens (including phenoxy) is 1. The molecule has 0 unspecified atom stereocenters. The van der Waals surface area contributed by atoms with Gasteiger partial charge in [0, 0.05) is 18.7 Å². The fourth-order valence-corrected chi connectivity index (χ4v) is 3.65. The summed E-state index contributed by atoms with van der Waals surface area (Å²) in [6.07, 6.45) is 8.09. The first-order valence-electron chi connectivity index (χ1n) is 8.59. The van der Waals surface area contributed by atoms with Gasteiger partial charge in [0.05, 0.1) is 37.1 Å². The molecule has 2 heterocycles. The van der Waals surface area contributed by atoms with E-state index in [4.69, 9.17) is 14.7 Å². The van der Waals surface area contributed by atoms with Crippen molar-refractivity contribution in [2.24, 2.45) is 5.73 Å². The van der Waals surface area contributed by atoms with Crippen molar-refractivity contribution < 1.29 is 26.9 Å². The largest absolute Gasteiger partial charge is 0.445 e. The van der Waals surface area contributed by atoms with Gasteiger partial charge in [-0.2, -0.15) is 8.42 Å². The molecule has 2 amide bonds. The average molecular weight is 412 g/mol. The third-order valence-electron chi connectivity index (χ3n) is 4.11. The number of hydrogen-bond donors (Lipinski definition) is 1. The molecule has 0 saturated carbocycles. The molecule has 0 radical (unpaired) electrons. The van der Waals surface area contributed by atoms with Crippen molar-refractivity contribution in [3.05, 3.63) is 36.9 Å².